The number of carbonyl (C=O) groups is 1. The lowest BCUT2D eigenvalue weighted by molar-refractivity contribution is 0.249. The van der Waals surface area contributed by atoms with Crippen molar-refractivity contribution in [3.63, 3.8) is 0 Å². The lowest BCUT2D eigenvalue weighted by Crippen LogP contribution is -2.37. The Labute approximate surface area is 116 Å². The maximum atomic E-state index is 11.9. The minimum Gasteiger partial charge on any atom is -0.359 e. The van der Waals surface area contributed by atoms with Crippen LogP contribution >= 0.6 is 11.3 Å². The van der Waals surface area contributed by atoms with E-state index in [4.69, 9.17) is 4.52 Å². The lowest BCUT2D eigenvalue weighted by Gasteiger charge is -2.13. The number of hydrogen-bond donors (Lipinski definition) is 2. The van der Waals surface area contributed by atoms with Crippen LogP contribution in [0.5, 0.6) is 0 Å². The van der Waals surface area contributed by atoms with Crippen LogP contribution in [-0.4, -0.2) is 17.2 Å². The van der Waals surface area contributed by atoms with Gasteiger partial charge in [0.15, 0.2) is 5.76 Å². The van der Waals surface area contributed by atoms with Gasteiger partial charge in [0.2, 0.25) is 0 Å². The van der Waals surface area contributed by atoms with Gasteiger partial charge in [-0.1, -0.05) is 5.16 Å². The van der Waals surface area contributed by atoms with Crippen LogP contribution in [0.25, 0.3) is 0 Å². The molecule has 0 fully saturated rings. The van der Waals surface area contributed by atoms with E-state index in [1.54, 1.807) is 25.2 Å². The van der Waals surface area contributed by atoms with Crippen LogP contribution in [0.3, 0.4) is 0 Å². The molecule has 2 aromatic rings. The van der Waals surface area contributed by atoms with E-state index in [1.165, 1.54) is 5.56 Å². The summed E-state index contributed by atoms with van der Waals surface area (Å²) in [7, 11) is 0. The van der Waals surface area contributed by atoms with Crippen molar-refractivity contribution in [2.75, 3.05) is 5.32 Å². The number of anilines is 1. The van der Waals surface area contributed by atoms with Gasteiger partial charge in [-0.3, -0.25) is 0 Å². The highest BCUT2D eigenvalue weighted by Gasteiger charge is 2.14. The van der Waals surface area contributed by atoms with Crippen molar-refractivity contribution in [3.05, 3.63) is 33.8 Å². The first-order chi connectivity index (χ1) is 9.06. The molecule has 1 unspecified atom stereocenters. The number of rotatable bonds is 4. The van der Waals surface area contributed by atoms with E-state index in [-0.39, 0.29) is 12.1 Å². The van der Waals surface area contributed by atoms with Gasteiger partial charge in [0, 0.05) is 6.04 Å². The SMILES string of the molecule is Cc1noc(C)c1NC(=O)NC(C)Cc1ccsc1. The average Bonchev–Trinajstić information content (AvgIpc) is 2.94. The Morgan fingerprint density at radius 1 is 1.53 bits per heavy atom. The van der Waals surface area contributed by atoms with Gasteiger partial charge >= 0.3 is 6.03 Å². The molecule has 0 radical (unpaired) electrons. The van der Waals surface area contributed by atoms with Crippen molar-refractivity contribution in [1.82, 2.24) is 10.5 Å². The minimum atomic E-state index is -0.239. The zero-order valence-corrected chi connectivity index (χ0v) is 12.0. The fraction of sp³-hybridized carbons (Fsp3) is 0.385. The summed E-state index contributed by atoms with van der Waals surface area (Å²) in [6.45, 7) is 5.54. The number of thiophene rings is 1. The van der Waals surface area contributed by atoms with E-state index in [9.17, 15) is 4.79 Å². The number of urea groups is 1. The molecule has 102 valence electrons. The first-order valence-corrected chi connectivity index (χ1v) is 7.02. The summed E-state index contributed by atoms with van der Waals surface area (Å²) in [6.07, 6.45) is 0.818. The van der Waals surface area contributed by atoms with Crippen LogP contribution < -0.4 is 10.6 Å². The molecule has 0 aliphatic heterocycles. The Morgan fingerprint density at radius 2 is 2.32 bits per heavy atom. The Hall–Kier alpha value is -1.82. The van der Waals surface area contributed by atoms with E-state index in [0.717, 1.165) is 6.42 Å². The molecule has 0 aliphatic rings. The van der Waals surface area contributed by atoms with Crippen molar-refractivity contribution < 1.29 is 9.32 Å². The summed E-state index contributed by atoms with van der Waals surface area (Å²) in [4.78, 5) is 11.9. The molecule has 2 amide bonds. The quantitative estimate of drug-likeness (QED) is 0.903. The van der Waals surface area contributed by atoms with Crippen molar-refractivity contribution >= 4 is 23.1 Å². The maximum absolute atomic E-state index is 11.9. The third kappa shape index (κ3) is 3.57. The fourth-order valence-electron chi connectivity index (χ4n) is 1.85. The third-order valence-corrected chi connectivity index (χ3v) is 3.50. The van der Waals surface area contributed by atoms with Gasteiger partial charge in [0.1, 0.15) is 11.4 Å². The Morgan fingerprint density at radius 3 is 2.89 bits per heavy atom. The molecule has 0 spiro atoms. The van der Waals surface area contributed by atoms with Gasteiger partial charge in [0.25, 0.3) is 0 Å². The summed E-state index contributed by atoms with van der Waals surface area (Å²) < 4.78 is 5.00. The van der Waals surface area contributed by atoms with E-state index >= 15 is 0 Å². The van der Waals surface area contributed by atoms with Crippen LogP contribution in [0.4, 0.5) is 10.5 Å². The molecule has 19 heavy (non-hydrogen) atoms. The number of nitrogens with zero attached hydrogens (tertiary/aromatic N) is 1. The Balaban J connectivity index is 1.87. The number of nitrogens with one attached hydrogen (secondary N) is 2. The first-order valence-electron chi connectivity index (χ1n) is 6.07. The smallest absolute Gasteiger partial charge is 0.319 e. The maximum Gasteiger partial charge on any atom is 0.319 e. The molecule has 0 aromatic carbocycles. The van der Waals surface area contributed by atoms with Gasteiger partial charge in [-0.2, -0.15) is 11.3 Å². The number of aryl methyl sites for hydroxylation is 2. The summed E-state index contributed by atoms with van der Waals surface area (Å²) in [5.41, 5.74) is 2.55. The highest BCUT2D eigenvalue weighted by atomic mass is 32.1. The molecular formula is C13H17N3O2S. The van der Waals surface area contributed by atoms with Gasteiger partial charge in [-0.25, -0.2) is 4.79 Å². The second-order valence-corrected chi connectivity index (χ2v) is 5.31. The van der Waals surface area contributed by atoms with Crippen LogP contribution in [0.1, 0.15) is 23.9 Å². The van der Waals surface area contributed by atoms with Gasteiger partial charge in [-0.15, -0.1) is 0 Å². The monoisotopic (exact) mass is 279 g/mol. The standard InChI is InChI=1S/C13H17N3O2S/c1-8(6-11-4-5-19-7-11)14-13(17)15-12-9(2)16-18-10(12)3/h4-5,7-8H,6H2,1-3H3,(H2,14,15,17). The Kier molecular flexibility index (Phi) is 4.21. The molecule has 2 N–H and O–H groups in total. The van der Waals surface area contributed by atoms with Gasteiger partial charge in [-0.05, 0) is 49.6 Å². The molecule has 1 atom stereocenters. The number of carbonyl (C=O) groups excluding carboxylic acids is 1. The first kappa shape index (κ1) is 13.6. The zero-order chi connectivity index (χ0) is 13.8. The number of amides is 2. The predicted octanol–water partition coefficient (Wildman–Crippen LogP) is 3.11. The van der Waals surface area contributed by atoms with Crippen molar-refractivity contribution in [3.8, 4) is 0 Å². The molecule has 5 nitrogen and oxygen atoms in total. The van der Waals surface area contributed by atoms with Crippen LogP contribution in [0.15, 0.2) is 21.3 Å². The zero-order valence-electron chi connectivity index (χ0n) is 11.2. The molecule has 0 bridgehead atoms. The molecule has 2 rings (SSSR count). The summed E-state index contributed by atoms with van der Waals surface area (Å²) >= 11 is 1.66. The summed E-state index contributed by atoms with van der Waals surface area (Å²) in [5, 5.41) is 13.6. The molecule has 0 saturated carbocycles. The molecule has 2 aromatic heterocycles. The van der Waals surface area contributed by atoms with Crippen LogP contribution in [0.2, 0.25) is 0 Å². The largest absolute Gasteiger partial charge is 0.359 e. The summed E-state index contributed by atoms with van der Waals surface area (Å²) in [5.74, 6) is 0.609. The molecule has 0 saturated heterocycles. The van der Waals surface area contributed by atoms with E-state index < -0.39 is 0 Å². The van der Waals surface area contributed by atoms with Crippen molar-refractivity contribution in [2.24, 2.45) is 0 Å². The second kappa shape index (κ2) is 5.88. The number of aromatic nitrogens is 1. The van der Waals surface area contributed by atoms with Crippen LogP contribution in [0, 0.1) is 13.8 Å². The normalized spacial score (nSPS) is 12.2. The van der Waals surface area contributed by atoms with E-state index in [2.05, 4.69) is 27.2 Å². The molecule has 2 heterocycles. The Bertz CT molecular complexity index is 529. The topological polar surface area (TPSA) is 67.2 Å². The van der Waals surface area contributed by atoms with E-state index in [0.29, 0.717) is 17.1 Å². The molecular weight excluding hydrogens is 262 g/mol. The molecule has 0 aliphatic carbocycles. The van der Waals surface area contributed by atoms with Gasteiger partial charge in [0.05, 0.1) is 0 Å². The summed E-state index contributed by atoms with van der Waals surface area (Å²) in [6, 6.07) is 1.89. The highest BCUT2D eigenvalue weighted by molar-refractivity contribution is 7.07. The molecule has 6 heteroatoms. The highest BCUT2D eigenvalue weighted by Crippen LogP contribution is 2.18. The average molecular weight is 279 g/mol. The van der Waals surface area contributed by atoms with Crippen molar-refractivity contribution in [2.45, 2.75) is 33.2 Å². The van der Waals surface area contributed by atoms with E-state index in [1.807, 2.05) is 12.3 Å². The number of hydrogen-bond acceptors (Lipinski definition) is 4. The predicted molar refractivity (Wildman–Crippen MR) is 75.6 cm³/mol. The van der Waals surface area contributed by atoms with Crippen molar-refractivity contribution in [1.29, 1.82) is 0 Å². The minimum absolute atomic E-state index is 0.0649. The van der Waals surface area contributed by atoms with Crippen LogP contribution in [-0.2, 0) is 6.42 Å². The fourth-order valence-corrected chi connectivity index (χ4v) is 2.53. The third-order valence-electron chi connectivity index (χ3n) is 2.77. The lowest BCUT2D eigenvalue weighted by atomic mass is 10.1. The van der Waals surface area contributed by atoms with Gasteiger partial charge < -0.3 is 15.2 Å². The second-order valence-electron chi connectivity index (χ2n) is 4.53.